The molecule has 25 heavy (non-hydrogen) atoms. The average molecular weight is 340 g/mol. The van der Waals surface area contributed by atoms with Crippen LogP contribution in [0, 0.1) is 10.1 Å². The van der Waals surface area contributed by atoms with Crippen LogP contribution in [0.25, 0.3) is 6.08 Å². The van der Waals surface area contributed by atoms with E-state index in [2.05, 4.69) is 5.32 Å². The maximum Gasteiger partial charge on any atom is 0.269 e. The van der Waals surface area contributed by atoms with Crippen molar-refractivity contribution < 1.29 is 19.2 Å². The van der Waals surface area contributed by atoms with Gasteiger partial charge in [-0.2, -0.15) is 0 Å². The van der Waals surface area contributed by atoms with Crippen molar-refractivity contribution in [2.24, 2.45) is 0 Å². The third-order valence-corrected chi connectivity index (χ3v) is 3.60. The van der Waals surface area contributed by atoms with Crippen molar-refractivity contribution in [2.75, 3.05) is 13.2 Å². The standard InChI is InChI=1S/C18H16N2O5/c21-18(10-7-13-5-8-14(9-6-13)20(22)23)19-11-15-12-24-16-3-1-2-4-17(16)25-15/h1-10,15H,11-12H2,(H,19,21)/b10-7+/t15-/m0/s1. The number of hydrogen-bond donors (Lipinski definition) is 1. The predicted molar refractivity (Wildman–Crippen MR) is 91.5 cm³/mol. The van der Waals surface area contributed by atoms with Gasteiger partial charge in [0.2, 0.25) is 5.91 Å². The van der Waals surface area contributed by atoms with Crippen LogP contribution in [0.3, 0.4) is 0 Å². The highest BCUT2D eigenvalue weighted by molar-refractivity contribution is 5.91. The molecule has 0 radical (unpaired) electrons. The monoisotopic (exact) mass is 340 g/mol. The van der Waals surface area contributed by atoms with Crippen molar-refractivity contribution in [3.8, 4) is 11.5 Å². The van der Waals surface area contributed by atoms with Gasteiger partial charge in [-0.05, 0) is 35.9 Å². The molecule has 0 saturated heterocycles. The van der Waals surface area contributed by atoms with Gasteiger partial charge < -0.3 is 14.8 Å². The zero-order chi connectivity index (χ0) is 17.6. The molecule has 1 heterocycles. The Morgan fingerprint density at radius 2 is 1.92 bits per heavy atom. The fourth-order valence-electron chi connectivity index (χ4n) is 2.32. The molecule has 0 aliphatic carbocycles. The Morgan fingerprint density at radius 3 is 2.64 bits per heavy atom. The van der Waals surface area contributed by atoms with Gasteiger partial charge >= 0.3 is 0 Å². The Hall–Kier alpha value is -3.35. The number of fused-ring (bicyclic) bond motifs is 1. The largest absolute Gasteiger partial charge is 0.486 e. The Labute approximate surface area is 144 Å². The maximum atomic E-state index is 11.9. The fourth-order valence-corrected chi connectivity index (χ4v) is 2.32. The van der Waals surface area contributed by atoms with Gasteiger partial charge in [-0.3, -0.25) is 14.9 Å². The van der Waals surface area contributed by atoms with E-state index in [9.17, 15) is 14.9 Å². The summed E-state index contributed by atoms with van der Waals surface area (Å²) in [4.78, 5) is 22.0. The summed E-state index contributed by atoms with van der Waals surface area (Å²) in [6.45, 7) is 0.682. The lowest BCUT2D eigenvalue weighted by Crippen LogP contribution is -2.40. The third kappa shape index (κ3) is 4.35. The highest BCUT2D eigenvalue weighted by Gasteiger charge is 2.20. The molecule has 2 aromatic carbocycles. The Kier molecular flexibility index (Phi) is 4.94. The van der Waals surface area contributed by atoms with Crippen LogP contribution in [0.5, 0.6) is 11.5 Å². The average Bonchev–Trinajstić information content (AvgIpc) is 2.65. The highest BCUT2D eigenvalue weighted by atomic mass is 16.6. The van der Waals surface area contributed by atoms with E-state index in [0.717, 1.165) is 0 Å². The molecule has 0 unspecified atom stereocenters. The molecule has 7 nitrogen and oxygen atoms in total. The second-order valence-corrected chi connectivity index (χ2v) is 5.42. The molecule has 1 aliphatic heterocycles. The van der Waals surface area contributed by atoms with Crippen LogP contribution in [-0.4, -0.2) is 30.1 Å². The number of para-hydroxylation sites is 2. The topological polar surface area (TPSA) is 90.7 Å². The van der Waals surface area contributed by atoms with Crippen LogP contribution in [0.4, 0.5) is 5.69 Å². The molecule has 0 spiro atoms. The van der Waals surface area contributed by atoms with E-state index in [0.29, 0.717) is 30.2 Å². The molecule has 1 amide bonds. The van der Waals surface area contributed by atoms with Crippen LogP contribution in [0.1, 0.15) is 5.56 Å². The first-order valence-electron chi connectivity index (χ1n) is 7.70. The van der Waals surface area contributed by atoms with Crippen molar-refractivity contribution in [3.05, 3.63) is 70.3 Å². The zero-order valence-electron chi connectivity index (χ0n) is 13.3. The molecule has 3 rings (SSSR count). The molecular weight excluding hydrogens is 324 g/mol. The summed E-state index contributed by atoms with van der Waals surface area (Å²) in [5, 5.41) is 13.3. The maximum absolute atomic E-state index is 11.9. The number of ether oxygens (including phenoxy) is 2. The van der Waals surface area contributed by atoms with E-state index in [-0.39, 0.29) is 17.7 Å². The summed E-state index contributed by atoms with van der Waals surface area (Å²) in [5.41, 5.74) is 0.711. The van der Waals surface area contributed by atoms with Crippen LogP contribution in [0.15, 0.2) is 54.6 Å². The number of nitro groups is 1. The van der Waals surface area contributed by atoms with Crippen molar-refractivity contribution in [2.45, 2.75) is 6.10 Å². The van der Waals surface area contributed by atoms with E-state index in [1.54, 1.807) is 18.2 Å². The molecule has 1 atom stereocenters. The summed E-state index contributed by atoms with van der Waals surface area (Å²) in [5.74, 6) is 1.08. The van der Waals surface area contributed by atoms with Gasteiger partial charge in [-0.1, -0.05) is 12.1 Å². The normalized spacial score (nSPS) is 15.8. The van der Waals surface area contributed by atoms with Crippen molar-refractivity contribution >= 4 is 17.7 Å². The minimum atomic E-state index is -0.468. The smallest absolute Gasteiger partial charge is 0.269 e. The molecule has 0 bridgehead atoms. The first-order valence-corrected chi connectivity index (χ1v) is 7.70. The van der Waals surface area contributed by atoms with Crippen LogP contribution < -0.4 is 14.8 Å². The summed E-state index contributed by atoms with van der Waals surface area (Å²) in [6.07, 6.45) is 2.71. The van der Waals surface area contributed by atoms with E-state index < -0.39 is 4.92 Å². The molecule has 0 saturated carbocycles. The van der Waals surface area contributed by atoms with Crippen LogP contribution in [0.2, 0.25) is 0 Å². The number of nitrogens with one attached hydrogen (secondary N) is 1. The van der Waals surface area contributed by atoms with Gasteiger partial charge in [-0.25, -0.2) is 0 Å². The highest BCUT2D eigenvalue weighted by Crippen LogP contribution is 2.30. The number of hydrogen-bond acceptors (Lipinski definition) is 5. The zero-order valence-corrected chi connectivity index (χ0v) is 13.3. The summed E-state index contributed by atoms with van der Waals surface area (Å²) >= 11 is 0. The lowest BCUT2D eigenvalue weighted by atomic mass is 10.2. The van der Waals surface area contributed by atoms with Crippen molar-refractivity contribution in [1.29, 1.82) is 0 Å². The molecule has 7 heteroatoms. The van der Waals surface area contributed by atoms with Gasteiger partial charge in [0.25, 0.3) is 5.69 Å². The number of non-ortho nitro benzene ring substituents is 1. The number of carbonyl (C=O) groups excluding carboxylic acids is 1. The first-order chi connectivity index (χ1) is 12.1. The van der Waals surface area contributed by atoms with E-state index in [1.165, 1.54) is 18.2 Å². The lowest BCUT2D eigenvalue weighted by molar-refractivity contribution is -0.384. The Bertz CT molecular complexity index is 801. The minimum Gasteiger partial charge on any atom is -0.486 e. The fraction of sp³-hybridized carbons (Fsp3) is 0.167. The Balaban J connectivity index is 1.49. The van der Waals surface area contributed by atoms with E-state index in [1.807, 2.05) is 24.3 Å². The molecule has 0 fully saturated rings. The van der Waals surface area contributed by atoms with Gasteiger partial charge in [0.05, 0.1) is 11.5 Å². The second kappa shape index (κ2) is 7.48. The summed E-state index contributed by atoms with van der Waals surface area (Å²) < 4.78 is 11.3. The van der Waals surface area contributed by atoms with Gasteiger partial charge in [0, 0.05) is 18.2 Å². The number of nitrogens with zero attached hydrogens (tertiary/aromatic N) is 1. The molecule has 128 valence electrons. The SMILES string of the molecule is O=C(/C=C/c1ccc([N+](=O)[O-])cc1)NC[C@H]1COc2ccccc2O1. The molecule has 0 aromatic heterocycles. The molecule has 1 aliphatic rings. The lowest BCUT2D eigenvalue weighted by Gasteiger charge is -2.26. The number of carbonyl (C=O) groups is 1. The van der Waals surface area contributed by atoms with Gasteiger partial charge in [0.1, 0.15) is 12.7 Å². The summed E-state index contributed by atoms with van der Waals surface area (Å²) in [7, 11) is 0. The number of nitro benzene ring substituents is 1. The van der Waals surface area contributed by atoms with Crippen LogP contribution in [-0.2, 0) is 4.79 Å². The van der Waals surface area contributed by atoms with Crippen molar-refractivity contribution in [3.63, 3.8) is 0 Å². The third-order valence-electron chi connectivity index (χ3n) is 3.60. The summed E-state index contributed by atoms with van der Waals surface area (Å²) in [6, 6.07) is 13.3. The van der Waals surface area contributed by atoms with E-state index >= 15 is 0 Å². The second-order valence-electron chi connectivity index (χ2n) is 5.42. The number of benzene rings is 2. The first kappa shape index (κ1) is 16.5. The van der Waals surface area contributed by atoms with Gasteiger partial charge in [0.15, 0.2) is 11.5 Å². The van der Waals surface area contributed by atoms with Crippen LogP contribution >= 0.6 is 0 Å². The number of amides is 1. The molecule has 2 aromatic rings. The predicted octanol–water partition coefficient (Wildman–Crippen LogP) is 2.56. The number of rotatable bonds is 5. The Morgan fingerprint density at radius 1 is 1.20 bits per heavy atom. The molecule has 1 N–H and O–H groups in total. The van der Waals surface area contributed by atoms with Gasteiger partial charge in [-0.15, -0.1) is 0 Å². The van der Waals surface area contributed by atoms with Crippen molar-refractivity contribution in [1.82, 2.24) is 5.32 Å². The molecular formula is C18H16N2O5. The van der Waals surface area contributed by atoms with E-state index in [4.69, 9.17) is 9.47 Å². The quantitative estimate of drug-likeness (QED) is 0.513. The minimum absolute atomic E-state index is 0.0105.